The highest BCUT2D eigenvalue weighted by Crippen LogP contribution is 2.30. The summed E-state index contributed by atoms with van der Waals surface area (Å²) in [4.78, 5) is 7.03. The van der Waals surface area contributed by atoms with Gasteiger partial charge in [0.1, 0.15) is 5.76 Å². The van der Waals surface area contributed by atoms with Gasteiger partial charge in [-0.1, -0.05) is 0 Å². The van der Waals surface area contributed by atoms with Gasteiger partial charge in [-0.05, 0) is 50.9 Å². The van der Waals surface area contributed by atoms with Crippen LogP contribution in [0.15, 0.2) is 27.8 Å². The Balaban J connectivity index is 1.50. The predicted molar refractivity (Wildman–Crippen MR) is 95.4 cm³/mol. The van der Waals surface area contributed by atoms with E-state index in [-0.39, 0.29) is 5.54 Å². The lowest BCUT2D eigenvalue weighted by molar-refractivity contribution is -0.0164. The molecule has 0 unspecified atom stereocenters. The molecule has 0 atom stereocenters. The zero-order valence-corrected chi connectivity index (χ0v) is 14.7. The van der Waals surface area contributed by atoms with E-state index in [1.165, 1.54) is 25.9 Å². The van der Waals surface area contributed by atoms with Gasteiger partial charge in [-0.15, -0.1) is 0 Å². The summed E-state index contributed by atoms with van der Waals surface area (Å²) in [5.41, 5.74) is 0.216. The minimum absolute atomic E-state index is 0.216. The monoisotopic (exact) mass is 334 g/mol. The maximum atomic E-state index is 5.61. The zero-order chi connectivity index (χ0) is 16.7. The molecule has 134 valence electrons. The van der Waals surface area contributed by atoms with Crippen molar-refractivity contribution in [2.75, 3.05) is 46.4 Å². The van der Waals surface area contributed by atoms with Crippen molar-refractivity contribution in [1.29, 1.82) is 0 Å². The van der Waals surface area contributed by atoms with E-state index in [0.29, 0.717) is 0 Å². The maximum Gasteiger partial charge on any atom is 0.191 e. The molecule has 24 heavy (non-hydrogen) atoms. The third-order valence-corrected chi connectivity index (χ3v) is 5.25. The van der Waals surface area contributed by atoms with E-state index < -0.39 is 0 Å². The predicted octanol–water partition coefficient (Wildman–Crippen LogP) is 1.63. The van der Waals surface area contributed by atoms with Gasteiger partial charge in [-0.2, -0.15) is 0 Å². The summed E-state index contributed by atoms with van der Waals surface area (Å²) in [6.07, 6.45) is 7.41. The van der Waals surface area contributed by atoms with Gasteiger partial charge in [-0.3, -0.25) is 9.89 Å². The Morgan fingerprint density at radius 3 is 2.71 bits per heavy atom. The molecule has 2 fully saturated rings. The van der Waals surface area contributed by atoms with Gasteiger partial charge in [0.2, 0.25) is 0 Å². The van der Waals surface area contributed by atoms with Gasteiger partial charge in [0.25, 0.3) is 0 Å². The molecule has 0 radical (unpaired) electrons. The van der Waals surface area contributed by atoms with Crippen molar-refractivity contribution in [1.82, 2.24) is 15.5 Å². The van der Waals surface area contributed by atoms with Crippen molar-refractivity contribution in [2.24, 2.45) is 4.99 Å². The number of nitrogens with one attached hydrogen (secondary N) is 2. The first-order valence-electron chi connectivity index (χ1n) is 9.12. The highest BCUT2D eigenvalue weighted by molar-refractivity contribution is 5.79. The Hall–Kier alpha value is -1.53. The average molecular weight is 334 g/mol. The summed E-state index contributed by atoms with van der Waals surface area (Å²) in [6, 6.07) is 3.93. The van der Waals surface area contributed by atoms with Crippen LogP contribution in [-0.2, 0) is 11.2 Å². The molecule has 0 spiro atoms. The molecule has 2 N–H and O–H groups in total. The Morgan fingerprint density at radius 2 is 2.04 bits per heavy atom. The molecule has 2 aliphatic heterocycles. The van der Waals surface area contributed by atoms with Gasteiger partial charge in [-0.25, -0.2) is 0 Å². The molecule has 0 aromatic carbocycles. The number of likely N-dealkylation sites (tertiary alicyclic amines) is 1. The van der Waals surface area contributed by atoms with Gasteiger partial charge < -0.3 is 19.8 Å². The zero-order valence-electron chi connectivity index (χ0n) is 14.7. The molecular weight excluding hydrogens is 304 g/mol. The normalized spacial score (nSPS) is 21.8. The van der Waals surface area contributed by atoms with Crippen LogP contribution in [0, 0.1) is 0 Å². The SMILES string of the molecule is CN=C(NCCc1ccco1)NCC1(N2CCCC2)CCOCC1. The van der Waals surface area contributed by atoms with Crippen LogP contribution in [-0.4, -0.2) is 62.8 Å². The Kier molecular flexibility index (Phi) is 6.15. The second-order valence-electron chi connectivity index (χ2n) is 6.71. The Bertz CT molecular complexity index is 503. The van der Waals surface area contributed by atoms with Crippen molar-refractivity contribution in [3.63, 3.8) is 0 Å². The summed E-state index contributed by atoms with van der Waals surface area (Å²) in [7, 11) is 1.83. The summed E-state index contributed by atoms with van der Waals surface area (Å²) in [6.45, 7) is 5.90. The largest absolute Gasteiger partial charge is 0.469 e. The molecule has 2 saturated heterocycles. The molecular formula is C18H30N4O2. The fraction of sp³-hybridized carbons (Fsp3) is 0.722. The Morgan fingerprint density at radius 1 is 1.25 bits per heavy atom. The van der Waals surface area contributed by atoms with Crippen LogP contribution in [0.5, 0.6) is 0 Å². The smallest absolute Gasteiger partial charge is 0.191 e. The number of hydrogen-bond donors (Lipinski definition) is 2. The highest BCUT2D eigenvalue weighted by atomic mass is 16.5. The van der Waals surface area contributed by atoms with Crippen LogP contribution in [0.1, 0.15) is 31.4 Å². The molecule has 3 rings (SSSR count). The number of furan rings is 1. The lowest BCUT2D eigenvalue weighted by Crippen LogP contribution is -2.58. The number of aliphatic imine (C=N–C) groups is 1. The van der Waals surface area contributed by atoms with Crippen molar-refractivity contribution >= 4 is 5.96 Å². The maximum absolute atomic E-state index is 5.61. The molecule has 2 aliphatic rings. The molecule has 1 aromatic heterocycles. The molecule has 6 heteroatoms. The Labute approximate surface area is 144 Å². The molecule has 1 aromatic rings. The van der Waals surface area contributed by atoms with Crippen LogP contribution in [0.3, 0.4) is 0 Å². The van der Waals surface area contributed by atoms with Crippen molar-refractivity contribution in [2.45, 2.75) is 37.6 Å². The molecule has 3 heterocycles. The average Bonchev–Trinajstić information content (AvgIpc) is 3.32. The molecule has 0 amide bonds. The summed E-state index contributed by atoms with van der Waals surface area (Å²) in [5.74, 6) is 1.86. The minimum atomic E-state index is 0.216. The van der Waals surface area contributed by atoms with Gasteiger partial charge in [0, 0.05) is 45.3 Å². The quantitative estimate of drug-likeness (QED) is 0.612. The summed E-state index contributed by atoms with van der Waals surface area (Å²) >= 11 is 0. The van der Waals surface area contributed by atoms with E-state index in [1.54, 1.807) is 6.26 Å². The van der Waals surface area contributed by atoms with Crippen molar-refractivity contribution < 1.29 is 9.15 Å². The van der Waals surface area contributed by atoms with E-state index in [0.717, 1.165) is 57.3 Å². The third-order valence-electron chi connectivity index (χ3n) is 5.25. The van der Waals surface area contributed by atoms with Gasteiger partial charge in [0.15, 0.2) is 5.96 Å². The molecule has 0 saturated carbocycles. The summed E-state index contributed by atoms with van der Waals surface area (Å²) in [5, 5.41) is 6.93. The number of ether oxygens (including phenoxy) is 1. The first kappa shape index (κ1) is 17.3. The van der Waals surface area contributed by atoms with Gasteiger partial charge >= 0.3 is 0 Å². The molecule has 0 aliphatic carbocycles. The number of hydrogen-bond acceptors (Lipinski definition) is 4. The van der Waals surface area contributed by atoms with Crippen LogP contribution in [0.25, 0.3) is 0 Å². The van der Waals surface area contributed by atoms with E-state index in [2.05, 4.69) is 20.5 Å². The third kappa shape index (κ3) is 4.30. The number of rotatable bonds is 6. The van der Waals surface area contributed by atoms with E-state index in [9.17, 15) is 0 Å². The second-order valence-corrected chi connectivity index (χ2v) is 6.71. The van der Waals surface area contributed by atoms with E-state index in [4.69, 9.17) is 9.15 Å². The van der Waals surface area contributed by atoms with E-state index >= 15 is 0 Å². The van der Waals surface area contributed by atoms with Crippen LogP contribution in [0.2, 0.25) is 0 Å². The fourth-order valence-corrected chi connectivity index (χ4v) is 3.78. The highest BCUT2D eigenvalue weighted by Gasteiger charge is 2.39. The van der Waals surface area contributed by atoms with Crippen LogP contribution >= 0.6 is 0 Å². The number of nitrogens with zero attached hydrogens (tertiary/aromatic N) is 2. The van der Waals surface area contributed by atoms with Crippen molar-refractivity contribution in [3.05, 3.63) is 24.2 Å². The van der Waals surface area contributed by atoms with E-state index in [1.807, 2.05) is 19.2 Å². The lowest BCUT2D eigenvalue weighted by atomic mass is 9.88. The molecule has 6 nitrogen and oxygen atoms in total. The molecule has 0 bridgehead atoms. The standard InChI is InChI=1S/C18H30N4O2/c1-19-17(20-9-6-16-5-4-12-24-16)21-15-18(7-13-23-14-8-18)22-10-2-3-11-22/h4-5,12H,2-3,6-11,13-15H2,1H3,(H2,19,20,21). The first-order chi connectivity index (χ1) is 11.8. The summed E-state index contributed by atoms with van der Waals surface area (Å²) < 4.78 is 11.0. The second kappa shape index (κ2) is 8.53. The topological polar surface area (TPSA) is 62.0 Å². The fourth-order valence-electron chi connectivity index (χ4n) is 3.78. The van der Waals surface area contributed by atoms with Gasteiger partial charge in [0.05, 0.1) is 6.26 Å². The van der Waals surface area contributed by atoms with Crippen LogP contribution in [0.4, 0.5) is 0 Å². The lowest BCUT2D eigenvalue weighted by Gasteiger charge is -2.45. The number of guanidine groups is 1. The van der Waals surface area contributed by atoms with Crippen LogP contribution < -0.4 is 10.6 Å². The minimum Gasteiger partial charge on any atom is -0.469 e. The van der Waals surface area contributed by atoms with Crippen molar-refractivity contribution in [3.8, 4) is 0 Å². The first-order valence-corrected chi connectivity index (χ1v) is 9.12.